The first-order chi connectivity index (χ1) is 9.70. The average molecular weight is 276 g/mol. The van der Waals surface area contributed by atoms with Crippen LogP contribution < -0.4 is 0 Å². The molecule has 2 rings (SSSR count). The Balaban J connectivity index is 2.02. The number of carbonyl (C=O) groups is 1. The Hall–Kier alpha value is -1.65. The van der Waals surface area contributed by atoms with Crippen molar-refractivity contribution in [2.24, 2.45) is 0 Å². The first-order valence-electron chi connectivity index (χ1n) is 6.87. The van der Waals surface area contributed by atoms with Crippen molar-refractivity contribution in [2.45, 2.75) is 26.1 Å². The fraction of sp³-hybridized carbons (Fsp3) is 0.438. The van der Waals surface area contributed by atoms with E-state index in [-0.39, 0.29) is 18.2 Å². The van der Waals surface area contributed by atoms with Gasteiger partial charge in [-0.15, -0.1) is 0 Å². The van der Waals surface area contributed by atoms with Gasteiger partial charge in [-0.3, -0.25) is 0 Å². The van der Waals surface area contributed by atoms with Gasteiger partial charge in [0, 0.05) is 6.08 Å². The Kier molecular flexibility index (Phi) is 5.32. The van der Waals surface area contributed by atoms with Crippen LogP contribution in [-0.2, 0) is 19.0 Å². The SMILES string of the molecule is CCOC(=O)C=Cc1ccccc1[C@@H](C)OC[C@H]1CO1. The summed E-state index contributed by atoms with van der Waals surface area (Å²) >= 11 is 0. The van der Waals surface area contributed by atoms with Crippen molar-refractivity contribution < 1.29 is 19.0 Å². The maximum Gasteiger partial charge on any atom is 0.330 e. The quantitative estimate of drug-likeness (QED) is 0.436. The van der Waals surface area contributed by atoms with Crippen LogP contribution in [0.25, 0.3) is 6.08 Å². The average Bonchev–Trinajstić information content (AvgIpc) is 3.27. The normalized spacial score (nSPS) is 19.0. The van der Waals surface area contributed by atoms with E-state index in [1.165, 1.54) is 6.08 Å². The van der Waals surface area contributed by atoms with Crippen LogP contribution in [-0.4, -0.2) is 31.9 Å². The smallest absolute Gasteiger partial charge is 0.330 e. The largest absolute Gasteiger partial charge is 0.463 e. The molecule has 2 atom stereocenters. The van der Waals surface area contributed by atoms with Crippen LogP contribution >= 0.6 is 0 Å². The predicted molar refractivity (Wildman–Crippen MR) is 76.2 cm³/mol. The molecular formula is C16H20O4. The second kappa shape index (κ2) is 7.22. The molecule has 0 bridgehead atoms. The Bertz CT molecular complexity index is 477. The molecule has 0 amide bonds. The van der Waals surface area contributed by atoms with Crippen LogP contribution in [0, 0.1) is 0 Å². The third-order valence-electron chi connectivity index (χ3n) is 3.05. The molecule has 20 heavy (non-hydrogen) atoms. The minimum Gasteiger partial charge on any atom is -0.463 e. The number of epoxide rings is 1. The van der Waals surface area contributed by atoms with Gasteiger partial charge < -0.3 is 14.2 Å². The van der Waals surface area contributed by atoms with Gasteiger partial charge in [0.2, 0.25) is 0 Å². The third kappa shape index (κ3) is 4.47. The van der Waals surface area contributed by atoms with Crippen molar-refractivity contribution in [3.05, 3.63) is 41.5 Å². The van der Waals surface area contributed by atoms with Crippen LogP contribution in [0.2, 0.25) is 0 Å². The zero-order valence-corrected chi connectivity index (χ0v) is 11.9. The number of esters is 1. The molecule has 0 aliphatic carbocycles. The Morgan fingerprint density at radius 2 is 2.25 bits per heavy atom. The molecule has 1 aliphatic rings. The van der Waals surface area contributed by atoms with Crippen LogP contribution in [0.15, 0.2) is 30.3 Å². The summed E-state index contributed by atoms with van der Waals surface area (Å²) in [6.45, 7) is 5.56. The highest BCUT2D eigenvalue weighted by atomic mass is 16.6. The van der Waals surface area contributed by atoms with Crippen molar-refractivity contribution >= 4 is 12.0 Å². The summed E-state index contributed by atoms with van der Waals surface area (Å²) in [7, 11) is 0. The maximum absolute atomic E-state index is 11.4. The van der Waals surface area contributed by atoms with Crippen molar-refractivity contribution in [3.8, 4) is 0 Å². The highest BCUT2D eigenvalue weighted by Gasteiger charge is 2.24. The molecule has 0 unspecified atom stereocenters. The molecule has 1 heterocycles. The summed E-state index contributed by atoms with van der Waals surface area (Å²) < 4.78 is 15.8. The molecule has 1 aliphatic heterocycles. The Morgan fingerprint density at radius 3 is 2.95 bits per heavy atom. The molecule has 0 aromatic heterocycles. The van der Waals surface area contributed by atoms with Gasteiger partial charge in [-0.2, -0.15) is 0 Å². The van der Waals surface area contributed by atoms with E-state index in [9.17, 15) is 4.79 Å². The lowest BCUT2D eigenvalue weighted by Crippen LogP contribution is -2.07. The molecule has 0 radical (unpaired) electrons. The zero-order chi connectivity index (χ0) is 14.4. The second-order valence-corrected chi connectivity index (χ2v) is 4.65. The second-order valence-electron chi connectivity index (χ2n) is 4.65. The van der Waals surface area contributed by atoms with E-state index in [1.807, 2.05) is 31.2 Å². The van der Waals surface area contributed by atoms with E-state index in [2.05, 4.69) is 0 Å². The lowest BCUT2D eigenvalue weighted by Gasteiger charge is -2.15. The summed E-state index contributed by atoms with van der Waals surface area (Å²) in [6.07, 6.45) is 3.42. The minimum absolute atomic E-state index is 0.0396. The zero-order valence-electron chi connectivity index (χ0n) is 11.9. The standard InChI is InChI=1S/C16H20O4/c1-3-18-16(17)9-8-13-6-4-5-7-15(13)12(2)19-10-14-11-20-14/h4-9,12,14H,3,10-11H2,1-2H3/t12-,14+/m1/s1. The molecule has 0 saturated carbocycles. The van der Waals surface area contributed by atoms with Crippen molar-refractivity contribution in [1.82, 2.24) is 0 Å². The van der Waals surface area contributed by atoms with Crippen LogP contribution in [0.1, 0.15) is 31.1 Å². The summed E-state index contributed by atoms with van der Waals surface area (Å²) in [5.41, 5.74) is 2.01. The van der Waals surface area contributed by atoms with Crippen LogP contribution in [0.3, 0.4) is 0 Å². The van der Waals surface area contributed by atoms with Gasteiger partial charge >= 0.3 is 5.97 Å². The molecule has 4 heteroatoms. The van der Waals surface area contributed by atoms with Crippen molar-refractivity contribution in [3.63, 3.8) is 0 Å². The maximum atomic E-state index is 11.4. The van der Waals surface area contributed by atoms with E-state index >= 15 is 0 Å². The van der Waals surface area contributed by atoms with Gasteiger partial charge in [0.05, 0.1) is 25.9 Å². The summed E-state index contributed by atoms with van der Waals surface area (Å²) in [5.74, 6) is -0.331. The Labute approximate surface area is 119 Å². The number of rotatable bonds is 7. The van der Waals surface area contributed by atoms with Gasteiger partial charge in [0.1, 0.15) is 6.10 Å². The summed E-state index contributed by atoms with van der Waals surface area (Å²) in [4.78, 5) is 11.4. The molecule has 4 nitrogen and oxygen atoms in total. The number of ether oxygens (including phenoxy) is 3. The topological polar surface area (TPSA) is 48.1 Å². The van der Waals surface area contributed by atoms with E-state index < -0.39 is 0 Å². The molecule has 1 saturated heterocycles. The monoisotopic (exact) mass is 276 g/mol. The van der Waals surface area contributed by atoms with Gasteiger partial charge in [-0.05, 0) is 31.1 Å². The van der Waals surface area contributed by atoms with Crippen molar-refractivity contribution in [1.29, 1.82) is 0 Å². The first-order valence-corrected chi connectivity index (χ1v) is 6.87. The fourth-order valence-electron chi connectivity index (χ4n) is 1.89. The lowest BCUT2D eigenvalue weighted by molar-refractivity contribution is -0.137. The van der Waals surface area contributed by atoms with Gasteiger partial charge in [-0.1, -0.05) is 24.3 Å². The third-order valence-corrected chi connectivity index (χ3v) is 3.05. The highest BCUT2D eigenvalue weighted by molar-refractivity contribution is 5.87. The van der Waals surface area contributed by atoms with E-state index in [0.29, 0.717) is 13.2 Å². The first kappa shape index (κ1) is 14.8. The minimum atomic E-state index is -0.331. The number of carbonyl (C=O) groups excluding carboxylic acids is 1. The molecule has 0 spiro atoms. The molecular weight excluding hydrogens is 256 g/mol. The molecule has 1 aromatic carbocycles. The van der Waals surface area contributed by atoms with Crippen LogP contribution in [0.4, 0.5) is 0 Å². The van der Waals surface area contributed by atoms with E-state index in [1.54, 1.807) is 13.0 Å². The van der Waals surface area contributed by atoms with Gasteiger partial charge in [-0.25, -0.2) is 4.79 Å². The molecule has 1 fully saturated rings. The molecule has 1 aromatic rings. The molecule has 0 N–H and O–H groups in total. The van der Waals surface area contributed by atoms with E-state index in [0.717, 1.165) is 17.7 Å². The molecule has 108 valence electrons. The Morgan fingerprint density at radius 1 is 1.50 bits per heavy atom. The van der Waals surface area contributed by atoms with E-state index in [4.69, 9.17) is 14.2 Å². The number of benzene rings is 1. The number of hydrogen-bond acceptors (Lipinski definition) is 4. The van der Waals surface area contributed by atoms with Crippen molar-refractivity contribution in [2.75, 3.05) is 19.8 Å². The highest BCUT2D eigenvalue weighted by Crippen LogP contribution is 2.23. The lowest BCUT2D eigenvalue weighted by atomic mass is 10.0. The van der Waals surface area contributed by atoms with Gasteiger partial charge in [0.15, 0.2) is 0 Å². The van der Waals surface area contributed by atoms with Crippen LogP contribution in [0.5, 0.6) is 0 Å². The summed E-state index contributed by atoms with van der Waals surface area (Å²) in [5, 5.41) is 0. The predicted octanol–water partition coefficient (Wildman–Crippen LogP) is 2.74. The summed E-state index contributed by atoms with van der Waals surface area (Å²) in [6, 6.07) is 7.86. The van der Waals surface area contributed by atoms with Gasteiger partial charge in [0.25, 0.3) is 0 Å². The number of hydrogen-bond donors (Lipinski definition) is 0. The fourth-order valence-corrected chi connectivity index (χ4v) is 1.89.